The molecule has 4 rings (SSSR count). The Labute approximate surface area is 138 Å². The molecule has 2 aromatic heterocycles. The summed E-state index contributed by atoms with van der Waals surface area (Å²) in [5.74, 6) is -0.180. The molecule has 0 radical (unpaired) electrons. The van der Waals surface area contributed by atoms with Crippen LogP contribution in [0.4, 0.5) is 0 Å². The fourth-order valence-electron chi connectivity index (χ4n) is 3.39. The molecular weight excluding hydrogens is 312 g/mol. The van der Waals surface area contributed by atoms with Gasteiger partial charge >= 0.3 is 0 Å². The monoisotopic (exact) mass is 332 g/mol. The lowest BCUT2D eigenvalue weighted by Gasteiger charge is -2.32. The van der Waals surface area contributed by atoms with E-state index in [2.05, 4.69) is 9.88 Å². The van der Waals surface area contributed by atoms with Crippen molar-refractivity contribution in [2.75, 3.05) is 33.2 Å². The molecule has 1 amide bonds. The number of hydrogen-bond acceptors (Lipinski definition) is 5. The van der Waals surface area contributed by atoms with Gasteiger partial charge in [-0.1, -0.05) is 0 Å². The molecule has 0 spiro atoms. The Balaban J connectivity index is 1.74. The van der Waals surface area contributed by atoms with Crippen molar-refractivity contribution in [3.8, 4) is 0 Å². The largest absolute Gasteiger partial charge is 0.336 e. The Hall–Kier alpha value is -1.73. The fourth-order valence-corrected chi connectivity index (χ4v) is 4.56. The van der Waals surface area contributed by atoms with E-state index >= 15 is 0 Å². The lowest BCUT2D eigenvalue weighted by atomic mass is 10.0. The molecule has 0 N–H and O–H groups in total. The molecule has 0 unspecified atom stereocenters. The van der Waals surface area contributed by atoms with Crippen LogP contribution in [0, 0.1) is 0 Å². The Kier molecular flexibility index (Phi) is 3.69. The molecule has 0 bridgehead atoms. The number of carbonyl (C=O) groups is 1. The number of thiazole rings is 1. The van der Waals surface area contributed by atoms with Gasteiger partial charge in [0.15, 0.2) is 4.96 Å². The lowest BCUT2D eigenvalue weighted by Crippen LogP contribution is -2.48. The van der Waals surface area contributed by atoms with E-state index in [4.69, 9.17) is 0 Å². The van der Waals surface area contributed by atoms with Gasteiger partial charge in [0.2, 0.25) is 0 Å². The molecule has 1 saturated heterocycles. The highest BCUT2D eigenvalue weighted by molar-refractivity contribution is 7.17. The zero-order valence-corrected chi connectivity index (χ0v) is 14.1. The summed E-state index contributed by atoms with van der Waals surface area (Å²) < 4.78 is 1.68. The first-order chi connectivity index (χ1) is 11.1. The number of fused-ring (bicyclic) bond motifs is 3. The second kappa shape index (κ2) is 5.72. The molecule has 0 aromatic carbocycles. The van der Waals surface area contributed by atoms with Crippen LogP contribution in [0.15, 0.2) is 11.0 Å². The number of aromatic nitrogens is 2. The summed E-state index contributed by atoms with van der Waals surface area (Å²) >= 11 is 1.59. The van der Waals surface area contributed by atoms with Gasteiger partial charge in [-0.3, -0.25) is 14.0 Å². The van der Waals surface area contributed by atoms with Gasteiger partial charge in [0, 0.05) is 42.9 Å². The molecule has 1 aliphatic heterocycles. The second-order valence-corrected chi connectivity index (χ2v) is 7.43. The summed E-state index contributed by atoms with van der Waals surface area (Å²) in [6, 6.07) is 0. The predicted octanol–water partition coefficient (Wildman–Crippen LogP) is 1.02. The van der Waals surface area contributed by atoms with Gasteiger partial charge in [-0.25, -0.2) is 4.98 Å². The Morgan fingerprint density at radius 3 is 2.70 bits per heavy atom. The Morgan fingerprint density at radius 2 is 1.91 bits per heavy atom. The standard InChI is InChI=1S/C16H20N4O2S/c1-18-6-8-19(9-7-18)14(21)11-10-17-16-20(15(11)22)12-4-2-3-5-13(12)23-16/h10H,2-9H2,1H3. The van der Waals surface area contributed by atoms with Crippen molar-refractivity contribution in [1.29, 1.82) is 0 Å². The third kappa shape index (κ3) is 2.48. The van der Waals surface area contributed by atoms with Gasteiger partial charge in [0.05, 0.1) is 0 Å². The minimum Gasteiger partial charge on any atom is -0.336 e. The maximum atomic E-state index is 12.9. The quantitative estimate of drug-likeness (QED) is 0.782. The van der Waals surface area contributed by atoms with E-state index < -0.39 is 0 Å². The van der Waals surface area contributed by atoms with Crippen LogP contribution in [0.25, 0.3) is 4.96 Å². The summed E-state index contributed by atoms with van der Waals surface area (Å²) in [6.07, 6.45) is 5.66. The topological polar surface area (TPSA) is 57.9 Å². The van der Waals surface area contributed by atoms with Crippen molar-refractivity contribution < 1.29 is 4.79 Å². The van der Waals surface area contributed by atoms with Crippen LogP contribution in [0.2, 0.25) is 0 Å². The highest BCUT2D eigenvalue weighted by Crippen LogP contribution is 2.28. The van der Waals surface area contributed by atoms with Crippen molar-refractivity contribution in [3.05, 3.63) is 32.7 Å². The highest BCUT2D eigenvalue weighted by atomic mass is 32.1. The first-order valence-corrected chi connectivity index (χ1v) is 8.97. The van der Waals surface area contributed by atoms with Gasteiger partial charge in [-0.2, -0.15) is 0 Å². The van der Waals surface area contributed by atoms with E-state index in [-0.39, 0.29) is 17.0 Å². The molecule has 122 valence electrons. The first kappa shape index (κ1) is 14.8. The van der Waals surface area contributed by atoms with Crippen LogP contribution >= 0.6 is 11.3 Å². The molecule has 6 nitrogen and oxygen atoms in total. The predicted molar refractivity (Wildman–Crippen MR) is 89.4 cm³/mol. The molecule has 7 heteroatoms. The third-order valence-electron chi connectivity index (χ3n) is 4.82. The minimum atomic E-state index is -0.196. The number of carbonyl (C=O) groups excluding carboxylic acids is 1. The summed E-state index contributed by atoms with van der Waals surface area (Å²) in [6.45, 7) is 3.02. The first-order valence-electron chi connectivity index (χ1n) is 8.15. The Bertz CT molecular complexity index is 817. The maximum absolute atomic E-state index is 12.9. The number of likely N-dealkylation sites (N-methyl/N-ethyl adjacent to an activating group) is 1. The second-order valence-electron chi connectivity index (χ2n) is 6.37. The molecule has 3 heterocycles. The molecule has 1 aliphatic carbocycles. The summed E-state index contributed by atoms with van der Waals surface area (Å²) in [4.78, 5) is 35.9. The lowest BCUT2D eigenvalue weighted by molar-refractivity contribution is 0.0661. The Morgan fingerprint density at radius 1 is 1.17 bits per heavy atom. The summed E-state index contributed by atoms with van der Waals surface area (Å²) in [5, 5.41) is 0. The summed E-state index contributed by atoms with van der Waals surface area (Å²) in [7, 11) is 2.04. The molecule has 0 saturated carbocycles. The van der Waals surface area contributed by atoms with Crippen LogP contribution < -0.4 is 5.56 Å². The smallest absolute Gasteiger partial charge is 0.271 e. The molecule has 2 aromatic rings. The van der Waals surface area contributed by atoms with E-state index in [0.29, 0.717) is 13.1 Å². The average molecular weight is 332 g/mol. The molecular formula is C16H20N4O2S. The van der Waals surface area contributed by atoms with Crippen molar-refractivity contribution in [3.63, 3.8) is 0 Å². The van der Waals surface area contributed by atoms with E-state index in [1.54, 1.807) is 20.6 Å². The van der Waals surface area contributed by atoms with Gasteiger partial charge < -0.3 is 9.80 Å². The molecule has 1 fully saturated rings. The number of hydrogen-bond donors (Lipinski definition) is 0. The van der Waals surface area contributed by atoms with E-state index in [1.807, 2.05) is 7.05 Å². The van der Waals surface area contributed by atoms with Gasteiger partial charge in [0.1, 0.15) is 5.56 Å². The number of rotatable bonds is 1. The number of piperazine rings is 1. The SMILES string of the molecule is CN1CCN(C(=O)c2cnc3sc4c(n3c2=O)CCCC4)CC1. The highest BCUT2D eigenvalue weighted by Gasteiger charge is 2.25. The van der Waals surface area contributed by atoms with Crippen LogP contribution in [0.1, 0.15) is 33.8 Å². The van der Waals surface area contributed by atoms with Gasteiger partial charge in [-0.05, 0) is 32.7 Å². The maximum Gasteiger partial charge on any atom is 0.271 e. The van der Waals surface area contributed by atoms with Crippen molar-refractivity contribution >= 4 is 22.2 Å². The zero-order valence-electron chi connectivity index (χ0n) is 13.2. The van der Waals surface area contributed by atoms with Crippen LogP contribution in [0.3, 0.4) is 0 Å². The molecule has 0 atom stereocenters. The fraction of sp³-hybridized carbons (Fsp3) is 0.562. The van der Waals surface area contributed by atoms with Crippen molar-refractivity contribution in [2.45, 2.75) is 25.7 Å². The minimum absolute atomic E-state index is 0.180. The van der Waals surface area contributed by atoms with Crippen LogP contribution in [-0.2, 0) is 12.8 Å². The molecule has 2 aliphatic rings. The zero-order chi connectivity index (χ0) is 16.0. The van der Waals surface area contributed by atoms with Gasteiger partial charge in [-0.15, -0.1) is 11.3 Å². The summed E-state index contributed by atoms with van der Waals surface area (Å²) in [5.41, 5.74) is 1.08. The van der Waals surface area contributed by atoms with Crippen molar-refractivity contribution in [1.82, 2.24) is 19.2 Å². The van der Waals surface area contributed by atoms with Crippen LogP contribution in [-0.4, -0.2) is 58.3 Å². The average Bonchev–Trinajstić information content (AvgIpc) is 2.94. The molecule has 23 heavy (non-hydrogen) atoms. The number of nitrogens with zero attached hydrogens (tertiary/aromatic N) is 4. The normalized spacial score (nSPS) is 19.1. The third-order valence-corrected chi connectivity index (χ3v) is 5.98. The number of aryl methyl sites for hydroxylation is 2. The van der Waals surface area contributed by atoms with Crippen LogP contribution in [0.5, 0.6) is 0 Å². The van der Waals surface area contributed by atoms with E-state index in [9.17, 15) is 9.59 Å². The van der Waals surface area contributed by atoms with Crippen molar-refractivity contribution in [2.24, 2.45) is 0 Å². The van der Waals surface area contributed by atoms with E-state index in [0.717, 1.165) is 43.0 Å². The van der Waals surface area contributed by atoms with E-state index in [1.165, 1.54) is 17.5 Å². The number of amides is 1. The van der Waals surface area contributed by atoms with Gasteiger partial charge in [0.25, 0.3) is 11.5 Å².